The molecule has 4 nitrogen and oxygen atoms in total. The van der Waals surface area contributed by atoms with E-state index in [0.717, 1.165) is 17.1 Å². The van der Waals surface area contributed by atoms with Gasteiger partial charge in [-0.25, -0.2) is 9.97 Å². The smallest absolute Gasteiger partial charge is 0.138 e. The first-order chi connectivity index (χ1) is 6.31. The fourth-order valence-electron chi connectivity index (χ4n) is 0.872. The second-order valence-electron chi connectivity index (χ2n) is 2.27. The number of nitrogens with zero attached hydrogens (tertiary/aromatic N) is 2. The molecule has 1 rings (SSSR count). The number of hydrogen-bond donors (Lipinski definition) is 2. The van der Waals surface area contributed by atoms with Crippen molar-refractivity contribution in [1.82, 2.24) is 9.97 Å². The molecule has 0 fully saturated rings. The van der Waals surface area contributed by atoms with Gasteiger partial charge in [-0.1, -0.05) is 6.08 Å². The lowest BCUT2D eigenvalue weighted by Crippen LogP contribution is -1.93. The first-order valence-electron chi connectivity index (χ1n) is 3.67. The van der Waals surface area contributed by atoms with Crippen molar-refractivity contribution in [3.05, 3.63) is 24.2 Å². The van der Waals surface area contributed by atoms with E-state index < -0.39 is 0 Å². The van der Waals surface area contributed by atoms with Crippen molar-refractivity contribution in [1.29, 1.82) is 5.41 Å². The number of rotatable bonds is 3. The molecular formula is C8H9IN4. The molecule has 0 aliphatic heterocycles. The Labute approximate surface area is 90.5 Å². The van der Waals surface area contributed by atoms with E-state index >= 15 is 0 Å². The molecule has 0 atom stereocenters. The Hall–Kier alpha value is -0.980. The average Bonchev–Trinajstić information content (AvgIpc) is 2.20. The highest BCUT2D eigenvalue weighted by Gasteiger charge is 2.00. The molecule has 2 N–H and O–H groups in total. The summed E-state index contributed by atoms with van der Waals surface area (Å²) in [5, 5.41) is 7.15. The Morgan fingerprint density at radius 2 is 2.38 bits per heavy atom. The molecule has 0 unspecified atom stereocenters. The molecule has 1 heterocycles. The predicted octanol–water partition coefficient (Wildman–Crippen LogP) is 2.29. The highest BCUT2D eigenvalue weighted by Crippen LogP contribution is 2.12. The van der Waals surface area contributed by atoms with Gasteiger partial charge < -0.3 is 8.94 Å². The zero-order valence-corrected chi connectivity index (χ0v) is 9.24. The van der Waals surface area contributed by atoms with Crippen molar-refractivity contribution < 1.29 is 0 Å². The Balaban J connectivity index is 3.07. The van der Waals surface area contributed by atoms with E-state index in [1.807, 2.05) is 35.9 Å². The second kappa shape index (κ2) is 4.90. The van der Waals surface area contributed by atoms with Crippen molar-refractivity contribution in [3.63, 3.8) is 0 Å². The highest BCUT2D eigenvalue weighted by atomic mass is 127. The van der Waals surface area contributed by atoms with E-state index in [1.165, 1.54) is 12.5 Å². The fourth-order valence-corrected chi connectivity index (χ4v) is 1.17. The molecule has 0 radical (unpaired) electrons. The van der Waals surface area contributed by atoms with Gasteiger partial charge in [0, 0.05) is 17.9 Å². The molecule has 0 saturated heterocycles. The standard InChI is InChI=1S/C8H9IN4/c1-2-6(4-10)7-3-8(13-9)12-5-11-7/h2-5,10H,1H3,(H,11,12,13)/b6-2+,10-4?. The molecule has 1 aromatic heterocycles. The molecule has 0 aliphatic carbocycles. The molecule has 0 bridgehead atoms. The quantitative estimate of drug-likeness (QED) is 0.509. The zero-order chi connectivity index (χ0) is 9.68. The first-order valence-corrected chi connectivity index (χ1v) is 4.75. The summed E-state index contributed by atoms with van der Waals surface area (Å²) in [4.78, 5) is 8.03. The molecule has 1 aromatic rings. The molecule has 68 valence electrons. The summed E-state index contributed by atoms with van der Waals surface area (Å²) in [5.74, 6) is 0.742. The summed E-state index contributed by atoms with van der Waals surface area (Å²) >= 11 is 2.00. The molecule has 5 heteroatoms. The Kier molecular flexibility index (Phi) is 3.81. The maximum atomic E-state index is 7.15. The molecule has 0 spiro atoms. The van der Waals surface area contributed by atoms with Gasteiger partial charge in [-0.15, -0.1) is 0 Å². The predicted molar refractivity (Wildman–Crippen MR) is 62.1 cm³/mol. The largest absolute Gasteiger partial charge is 0.313 e. The van der Waals surface area contributed by atoms with Gasteiger partial charge in [0.1, 0.15) is 12.1 Å². The Morgan fingerprint density at radius 3 is 2.92 bits per heavy atom. The van der Waals surface area contributed by atoms with Crippen LogP contribution in [0.4, 0.5) is 5.82 Å². The van der Waals surface area contributed by atoms with Gasteiger partial charge in [-0.3, -0.25) is 0 Å². The number of anilines is 1. The lowest BCUT2D eigenvalue weighted by molar-refractivity contribution is 1.16. The molecule has 13 heavy (non-hydrogen) atoms. The number of hydrogen-bond acceptors (Lipinski definition) is 4. The van der Waals surface area contributed by atoms with Gasteiger partial charge in [0.2, 0.25) is 0 Å². The van der Waals surface area contributed by atoms with Gasteiger partial charge >= 0.3 is 0 Å². The van der Waals surface area contributed by atoms with Crippen molar-refractivity contribution in [2.24, 2.45) is 0 Å². The van der Waals surface area contributed by atoms with Crippen molar-refractivity contribution >= 4 is 40.5 Å². The topological polar surface area (TPSA) is 61.7 Å². The summed E-state index contributed by atoms with van der Waals surface area (Å²) in [5.41, 5.74) is 1.54. The number of aromatic nitrogens is 2. The van der Waals surface area contributed by atoms with Crippen LogP contribution in [0.1, 0.15) is 12.6 Å². The van der Waals surface area contributed by atoms with E-state index in [9.17, 15) is 0 Å². The third-order valence-corrected chi connectivity index (χ3v) is 2.08. The van der Waals surface area contributed by atoms with Crippen LogP contribution in [-0.4, -0.2) is 16.2 Å². The van der Waals surface area contributed by atoms with Crippen LogP contribution in [0, 0.1) is 5.41 Å². The summed E-state index contributed by atoms with van der Waals surface area (Å²) in [6.07, 6.45) is 4.59. The third-order valence-electron chi connectivity index (χ3n) is 1.53. The van der Waals surface area contributed by atoms with Crippen molar-refractivity contribution in [3.8, 4) is 0 Å². The molecule has 0 aliphatic rings. The van der Waals surface area contributed by atoms with Crippen LogP contribution in [0.2, 0.25) is 0 Å². The van der Waals surface area contributed by atoms with Crippen LogP contribution >= 0.6 is 22.9 Å². The van der Waals surface area contributed by atoms with Crippen LogP contribution < -0.4 is 3.53 Å². The lowest BCUT2D eigenvalue weighted by Gasteiger charge is -2.01. The maximum Gasteiger partial charge on any atom is 0.138 e. The Morgan fingerprint density at radius 1 is 1.62 bits per heavy atom. The normalized spacial score (nSPS) is 11.1. The second-order valence-corrected chi connectivity index (χ2v) is 2.81. The monoisotopic (exact) mass is 288 g/mol. The molecule has 0 saturated carbocycles. The van der Waals surface area contributed by atoms with Crippen molar-refractivity contribution in [2.45, 2.75) is 6.92 Å². The van der Waals surface area contributed by atoms with Crippen LogP contribution in [0.5, 0.6) is 0 Å². The summed E-state index contributed by atoms with van der Waals surface area (Å²) < 4.78 is 2.89. The van der Waals surface area contributed by atoms with Crippen LogP contribution in [0.15, 0.2) is 18.5 Å². The molecule has 0 aromatic carbocycles. The minimum Gasteiger partial charge on any atom is -0.313 e. The van der Waals surface area contributed by atoms with Gasteiger partial charge in [0.25, 0.3) is 0 Å². The zero-order valence-electron chi connectivity index (χ0n) is 7.08. The van der Waals surface area contributed by atoms with Gasteiger partial charge in [0.15, 0.2) is 0 Å². The maximum absolute atomic E-state index is 7.15. The number of halogens is 1. The van der Waals surface area contributed by atoms with Crippen LogP contribution in [0.25, 0.3) is 5.57 Å². The van der Waals surface area contributed by atoms with Gasteiger partial charge in [-0.05, 0) is 6.92 Å². The molecule has 0 amide bonds. The summed E-state index contributed by atoms with van der Waals surface area (Å²) in [6, 6.07) is 1.80. The van der Waals surface area contributed by atoms with Crippen LogP contribution in [-0.2, 0) is 0 Å². The number of allylic oxidation sites excluding steroid dienone is 2. The minimum absolute atomic E-state index is 0.742. The summed E-state index contributed by atoms with van der Waals surface area (Å²) in [6.45, 7) is 1.87. The number of nitrogens with one attached hydrogen (secondary N) is 2. The molecular weight excluding hydrogens is 279 g/mol. The van der Waals surface area contributed by atoms with E-state index in [0.29, 0.717) is 0 Å². The van der Waals surface area contributed by atoms with Gasteiger partial charge in [-0.2, -0.15) is 0 Å². The van der Waals surface area contributed by atoms with E-state index in [4.69, 9.17) is 5.41 Å². The minimum atomic E-state index is 0.742. The average molecular weight is 288 g/mol. The fraction of sp³-hybridized carbons (Fsp3) is 0.125. The summed E-state index contributed by atoms with van der Waals surface area (Å²) in [7, 11) is 0. The van der Waals surface area contributed by atoms with Crippen molar-refractivity contribution in [2.75, 3.05) is 3.53 Å². The lowest BCUT2D eigenvalue weighted by atomic mass is 10.2. The van der Waals surface area contributed by atoms with E-state index in [-0.39, 0.29) is 0 Å². The van der Waals surface area contributed by atoms with E-state index in [1.54, 1.807) is 6.07 Å². The first kappa shape index (κ1) is 10.1. The SMILES string of the molecule is C/C=C(\C=N)c1cc(NI)ncn1. The highest BCUT2D eigenvalue weighted by molar-refractivity contribution is 14.1. The Bertz CT molecular complexity index is 335. The third kappa shape index (κ3) is 2.48. The van der Waals surface area contributed by atoms with Gasteiger partial charge in [0.05, 0.1) is 28.6 Å². The van der Waals surface area contributed by atoms with E-state index in [2.05, 4.69) is 13.5 Å². The van der Waals surface area contributed by atoms with Crippen LogP contribution in [0.3, 0.4) is 0 Å².